The molecule has 1 saturated heterocycles. The van der Waals surface area contributed by atoms with Gasteiger partial charge in [-0.1, -0.05) is 56.6 Å². The lowest BCUT2D eigenvalue weighted by molar-refractivity contribution is -0.139. The van der Waals surface area contributed by atoms with E-state index in [0.717, 1.165) is 16.9 Å². The number of pyridine rings is 1. The molecule has 7 nitrogen and oxygen atoms in total. The summed E-state index contributed by atoms with van der Waals surface area (Å²) in [4.78, 5) is 42.2. The zero-order valence-corrected chi connectivity index (χ0v) is 20.6. The summed E-state index contributed by atoms with van der Waals surface area (Å²) in [6.07, 6.45) is 5.02. The van der Waals surface area contributed by atoms with E-state index in [1.54, 1.807) is 37.6 Å². The number of aromatic nitrogens is 3. The Morgan fingerprint density at radius 1 is 0.941 bits per heavy atom. The molecule has 0 bridgehead atoms. The maximum absolute atomic E-state index is 12.6. The van der Waals surface area contributed by atoms with Crippen LogP contribution in [-0.2, 0) is 4.79 Å². The first kappa shape index (κ1) is 23.8. The Morgan fingerprint density at radius 2 is 1.62 bits per heavy atom. The molecular weight excluding hydrogens is 450 g/mol. The summed E-state index contributed by atoms with van der Waals surface area (Å²) in [6.45, 7) is 9.99. The van der Waals surface area contributed by atoms with E-state index < -0.39 is 5.41 Å². The van der Waals surface area contributed by atoms with Crippen molar-refractivity contribution < 1.29 is 9.59 Å². The molecule has 2 aromatic heterocycles. The van der Waals surface area contributed by atoms with Gasteiger partial charge in [-0.15, -0.1) is 0 Å². The molecule has 0 atom stereocenters. The number of carbonyl (C=O) groups is 2. The Kier molecular flexibility index (Phi) is 6.66. The molecule has 176 valence electrons. The van der Waals surface area contributed by atoms with Crippen LogP contribution in [0.3, 0.4) is 0 Å². The second-order valence-electron chi connectivity index (χ2n) is 9.44. The van der Waals surface area contributed by atoms with Crippen molar-refractivity contribution in [1.82, 2.24) is 19.9 Å². The van der Waals surface area contributed by atoms with Crippen molar-refractivity contribution in [3.05, 3.63) is 59.5 Å². The number of piperazine rings is 1. The molecule has 1 aliphatic heterocycles. The van der Waals surface area contributed by atoms with Crippen molar-refractivity contribution in [2.24, 2.45) is 5.41 Å². The smallest absolute Gasteiger partial charge is 0.228 e. The number of amides is 1. The zero-order valence-electron chi connectivity index (χ0n) is 19.9. The Balaban J connectivity index is 1.68. The molecule has 0 N–H and O–H groups in total. The molecule has 0 unspecified atom stereocenters. The van der Waals surface area contributed by atoms with Crippen molar-refractivity contribution in [2.45, 2.75) is 27.7 Å². The lowest BCUT2D eigenvalue weighted by atomic mass is 9.94. The molecular formula is C26H28ClN5O2. The maximum atomic E-state index is 12.6. The highest BCUT2D eigenvalue weighted by atomic mass is 35.5. The molecule has 3 heterocycles. The van der Waals surface area contributed by atoms with Crippen LogP contribution in [0.2, 0.25) is 5.02 Å². The van der Waals surface area contributed by atoms with Gasteiger partial charge in [-0.2, -0.15) is 0 Å². The van der Waals surface area contributed by atoms with E-state index in [1.807, 2.05) is 43.9 Å². The van der Waals surface area contributed by atoms with E-state index in [-0.39, 0.29) is 11.7 Å². The summed E-state index contributed by atoms with van der Waals surface area (Å²) < 4.78 is 0. The van der Waals surface area contributed by atoms with Crippen molar-refractivity contribution in [1.29, 1.82) is 0 Å². The molecule has 8 heteroatoms. The van der Waals surface area contributed by atoms with Gasteiger partial charge in [0.2, 0.25) is 5.91 Å². The van der Waals surface area contributed by atoms with Crippen molar-refractivity contribution in [3.8, 4) is 22.5 Å². The van der Waals surface area contributed by atoms with Gasteiger partial charge in [0.15, 0.2) is 5.78 Å². The van der Waals surface area contributed by atoms with Crippen LogP contribution in [-0.4, -0.2) is 57.7 Å². The first-order valence-corrected chi connectivity index (χ1v) is 11.7. The minimum absolute atomic E-state index is 0.00877. The molecule has 34 heavy (non-hydrogen) atoms. The van der Waals surface area contributed by atoms with E-state index >= 15 is 0 Å². The zero-order chi connectivity index (χ0) is 24.5. The molecule has 4 rings (SSSR count). The molecule has 0 radical (unpaired) electrons. The largest absolute Gasteiger partial charge is 0.352 e. The Hall–Kier alpha value is -3.32. The number of carbonyl (C=O) groups excluding carboxylic acids is 2. The van der Waals surface area contributed by atoms with E-state index in [0.29, 0.717) is 48.2 Å². The number of halogens is 1. The third-order valence-electron chi connectivity index (χ3n) is 5.88. The second-order valence-corrected chi connectivity index (χ2v) is 9.85. The first-order valence-electron chi connectivity index (χ1n) is 11.3. The molecule has 1 aliphatic rings. The first-order chi connectivity index (χ1) is 16.1. The van der Waals surface area contributed by atoms with Gasteiger partial charge in [-0.25, -0.2) is 4.98 Å². The number of benzene rings is 1. The lowest BCUT2D eigenvalue weighted by Crippen LogP contribution is -2.51. The van der Waals surface area contributed by atoms with Crippen molar-refractivity contribution in [3.63, 3.8) is 0 Å². The molecule has 3 aromatic rings. The van der Waals surface area contributed by atoms with Crippen molar-refractivity contribution in [2.75, 3.05) is 31.1 Å². The van der Waals surface area contributed by atoms with Gasteiger partial charge in [0.25, 0.3) is 0 Å². The standard InChI is InChI=1S/C26H28ClN5O2/c1-17(33)18-5-7-19(8-6-18)23-24(20-9-10-28-15-21(20)27)30-22(16-29-23)31-11-13-32(14-12-31)25(34)26(2,3)4/h5-10,15-16H,11-14H2,1-4H3. The number of Topliss-reactive ketones (excluding diaryl/α,β-unsaturated/α-hetero) is 1. The van der Waals surface area contributed by atoms with Crippen LogP contribution < -0.4 is 4.90 Å². The average molecular weight is 478 g/mol. The Labute approximate surface area is 204 Å². The second kappa shape index (κ2) is 9.50. The van der Waals surface area contributed by atoms with E-state index in [1.165, 1.54) is 0 Å². The topological polar surface area (TPSA) is 79.3 Å². The SMILES string of the molecule is CC(=O)c1ccc(-c2ncc(N3CCN(C(=O)C(C)(C)C)CC3)nc2-c2ccncc2Cl)cc1. The highest BCUT2D eigenvalue weighted by Crippen LogP contribution is 2.34. The summed E-state index contributed by atoms with van der Waals surface area (Å²) in [5.74, 6) is 0.899. The Morgan fingerprint density at radius 3 is 2.21 bits per heavy atom. The fourth-order valence-corrected chi connectivity index (χ4v) is 4.18. The predicted octanol–water partition coefficient (Wildman–Crippen LogP) is 4.76. The third-order valence-corrected chi connectivity index (χ3v) is 6.19. The van der Waals surface area contributed by atoms with E-state index in [2.05, 4.69) is 9.88 Å². The maximum Gasteiger partial charge on any atom is 0.228 e. The number of hydrogen-bond donors (Lipinski definition) is 0. The lowest BCUT2D eigenvalue weighted by Gasteiger charge is -2.38. The highest BCUT2D eigenvalue weighted by Gasteiger charge is 2.30. The predicted molar refractivity (Wildman–Crippen MR) is 134 cm³/mol. The van der Waals surface area contributed by atoms with Crippen LogP contribution >= 0.6 is 11.6 Å². The summed E-state index contributed by atoms with van der Waals surface area (Å²) in [7, 11) is 0. The van der Waals surface area contributed by atoms with Gasteiger partial charge in [-0.3, -0.25) is 19.6 Å². The van der Waals surface area contributed by atoms with Gasteiger partial charge < -0.3 is 9.80 Å². The summed E-state index contributed by atoms with van der Waals surface area (Å²) in [6, 6.07) is 9.14. The van der Waals surface area contributed by atoms with E-state index in [4.69, 9.17) is 21.6 Å². The number of anilines is 1. The summed E-state index contributed by atoms with van der Waals surface area (Å²) in [5, 5.41) is 0.483. The quantitative estimate of drug-likeness (QED) is 0.504. The van der Waals surface area contributed by atoms with Crippen LogP contribution in [0.15, 0.2) is 48.9 Å². The number of hydrogen-bond acceptors (Lipinski definition) is 6. The van der Waals surface area contributed by atoms with Gasteiger partial charge in [0, 0.05) is 60.7 Å². The fourth-order valence-electron chi connectivity index (χ4n) is 3.97. The highest BCUT2D eigenvalue weighted by molar-refractivity contribution is 6.33. The molecule has 0 saturated carbocycles. The van der Waals surface area contributed by atoms with Crippen LogP contribution in [0, 0.1) is 5.41 Å². The number of nitrogens with zero attached hydrogens (tertiary/aromatic N) is 5. The monoisotopic (exact) mass is 477 g/mol. The van der Waals surface area contributed by atoms with Crippen LogP contribution in [0.4, 0.5) is 5.82 Å². The molecule has 1 fully saturated rings. The fraction of sp³-hybridized carbons (Fsp3) is 0.346. The molecule has 0 aliphatic carbocycles. The minimum atomic E-state index is -0.396. The van der Waals surface area contributed by atoms with Gasteiger partial charge in [0.05, 0.1) is 16.9 Å². The molecule has 1 aromatic carbocycles. The van der Waals surface area contributed by atoms with Crippen LogP contribution in [0.1, 0.15) is 38.1 Å². The summed E-state index contributed by atoms with van der Waals surface area (Å²) >= 11 is 6.49. The number of rotatable bonds is 4. The van der Waals surface area contributed by atoms with Gasteiger partial charge >= 0.3 is 0 Å². The average Bonchev–Trinajstić information content (AvgIpc) is 2.83. The van der Waals surface area contributed by atoms with Crippen LogP contribution in [0.5, 0.6) is 0 Å². The van der Waals surface area contributed by atoms with Gasteiger partial charge in [-0.05, 0) is 13.0 Å². The van der Waals surface area contributed by atoms with Crippen molar-refractivity contribution >= 4 is 29.1 Å². The van der Waals surface area contributed by atoms with Crippen LogP contribution in [0.25, 0.3) is 22.5 Å². The normalized spacial score (nSPS) is 14.3. The van der Waals surface area contributed by atoms with Gasteiger partial charge in [0.1, 0.15) is 11.5 Å². The van der Waals surface area contributed by atoms with E-state index in [9.17, 15) is 9.59 Å². The third kappa shape index (κ3) is 4.94. The minimum Gasteiger partial charge on any atom is -0.352 e. The summed E-state index contributed by atoms with van der Waals surface area (Å²) in [5.41, 5.74) is 3.14. The Bertz CT molecular complexity index is 1210. The number of ketones is 1. The molecule has 1 amide bonds. The molecule has 0 spiro atoms.